The summed E-state index contributed by atoms with van der Waals surface area (Å²) in [5.41, 5.74) is 0.251. The van der Waals surface area contributed by atoms with E-state index in [1.54, 1.807) is 11.3 Å². The number of likely N-dealkylation sites (tertiary alicyclic amines) is 1. The number of amides is 1. The van der Waals surface area contributed by atoms with Crippen LogP contribution in [0.25, 0.3) is 0 Å². The number of aromatic nitrogens is 2. The van der Waals surface area contributed by atoms with Crippen LogP contribution in [0.5, 0.6) is 0 Å². The van der Waals surface area contributed by atoms with E-state index in [0.717, 1.165) is 18.8 Å². The van der Waals surface area contributed by atoms with E-state index in [1.807, 2.05) is 6.92 Å². The summed E-state index contributed by atoms with van der Waals surface area (Å²) >= 11 is 9.38. The van der Waals surface area contributed by atoms with E-state index in [9.17, 15) is 4.79 Å². The summed E-state index contributed by atoms with van der Waals surface area (Å²) in [5, 5.41) is 5.99. The van der Waals surface area contributed by atoms with E-state index in [2.05, 4.69) is 37.7 Å². The zero-order valence-electron chi connectivity index (χ0n) is 14.8. The highest BCUT2D eigenvalue weighted by molar-refractivity contribution is 7.99. The maximum atomic E-state index is 12.7. The van der Waals surface area contributed by atoms with Crippen molar-refractivity contribution >= 4 is 40.6 Å². The summed E-state index contributed by atoms with van der Waals surface area (Å²) in [7, 11) is 0. The fourth-order valence-corrected chi connectivity index (χ4v) is 4.68. The van der Waals surface area contributed by atoms with Crippen LogP contribution in [0.4, 0.5) is 0 Å². The Morgan fingerprint density at radius 2 is 2.23 bits per heavy atom. The SMILES string of the molecule is CCSc1ncc(Cl)c(C(=O)NC[C@H](c2cccs2)N2CCCCC2)n1. The van der Waals surface area contributed by atoms with Gasteiger partial charge in [0.25, 0.3) is 5.91 Å². The minimum atomic E-state index is -0.242. The molecule has 1 atom stereocenters. The minimum absolute atomic E-state index is 0.198. The molecule has 26 heavy (non-hydrogen) atoms. The van der Waals surface area contributed by atoms with Crippen LogP contribution < -0.4 is 5.32 Å². The Morgan fingerprint density at radius 3 is 2.92 bits per heavy atom. The molecule has 1 amide bonds. The van der Waals surface area contributed by atoms with E-state index in [-0.39, 0.29) is 22.7 Å². The highest BCUT2D eigenvalue weighted by Gasteiger charge is 2.24. The van der Waals surface area contributed by atoms with Gasteiger partial charge in [0.05, 0.1) is 17.3 Å². The standard InChI is InChI=1S/C18H23ClN4OS2/c1-2-25-18-21-11-13(19)16(22-18)17(24)20-12-14(15-7-6-10-26-15)23-8-4-3-5-9-23/h6-7,10-11,14H,2-5,8-9,12H2,1H3,(H,20,24)/t14-/m1/s1. The summed E-state index contributed by atoms with van der Waals surface area (Å²) in [6.07, 6.45) is 5.22. The van der Waals surface area contributed by atoms with Crippen molar-refractivity contribution in [2.24, 2.45) is 0 Å². The van der Waals surface area contributed by atoms with E-state index in [4.69, 9.17) is 11.6 Å². The van der Waals surface area contributed by atoms with Crippen molar-refractivity contribution in [1.29, 1.82) is 0 Å². The Balaban J connectivity index is 1.70. The molecule has 0 radical (unpaired) electrons. The van der Waals surface area contributed by atoms with E-state index >= 15 is 0 Å². The van der Waals surface area contributed by atoms with Gasteiger partial charge in [0.2, 0.25) is 0 Å². The molecular formula is C18H23ClN4OS2. The molecule has 0 aliphatic carbocycles. The minimum Gasteiger partial charge on any atom is -0.349 e. The van der Waals surface area contributed by atoms with Crippen LogP contribution in [0.15, 0.2) is 28.9 Å². The maximum Gasteiger partial charge on any atom is 0.271 e. The first-order valence-corrected chi connectivity index (χ1v) is 11.1. The Hall–Kier alpha value is -1.15. The number of nitrogens with zero attached hydrogens (tertiary/aromatic N) is 3. The molecule has 2 aromatic heterocycles. The highest BCUT2D eigenvalue weighted by Crippen LogP contribution is 2.27. The molecule has 0 bridgehead atoms. The van der Waals surface area contributed by atoms with E-state index < -0.39 is 0 Å². The molecule has 1 N–H and O–H groups in total. The quantitative estimate of drug-likeness (QED) is 0.545. The number of nitrogens with one attached hydrogen (secondary N) is 1. The fraction of sp³-hybridized carbons (Fsp3) is 0.500. The third-order valence-electron chi connectivity index (χ3n) is 4.37. The predicted octanol–water partition coefficient (Wildman–Crippen LogP) is 4.26. The van der Waals surface area contributed by atoms with Gasteiger partial charge in [0.1, 0.15) is 0 Å². The first kappa shape index (κ1) is 19.6. The van der Waals surface area contributed by atoms with Crippen LogP contribution >= 0.6 is 34.7 Å². The molecule has 140 valence electrons. The summed E-state index contributed by atoms with van der Waals surface area (Å²) < 4.78 is 0. The molecule has 0 saturated carbocycles. The molecule has 1 aliphatic heterocycles. The van der Waals surface area contributed by atoms with Gasteiger partial charge in [-0.15, -0.1) is 11.3 Å². The van der Waals surface area contributed by atoms with Gasteiger partial charge in [-0.3, -0.25) is 9.69 Å². The van der Waals surface area contributed by atoms with Crippen molar-refractivity contribution in [3.05, 3.63) is 39.3 Å². The van der Waals surface area contributed by atoms with Gasteiger partial charge < -0.3 is 5.32 Å². The van der Waals surface area contributed by atoms with Crippen LogP contribution in [0.2, 0.25) is 5.02 Å². The molecule has 0 aromatic carbocycles. The van der Waals surface area contributed by atoms with Crippen molar-refractivity contribution in [1.82, 2.24) is 20.2 Å². The van der Waals surface area contributed by atoms with E-state index in [1.165, 1.54) is 42.1 Å². The molecule has 2 aromatic rings. The third-order valence-corrected chi connectivity index (χ3v) is 6.36. The number of thioether (sulfide) groups is 1. The average molecular weight is 411 g/mol. The molecule has 1 aliphatic rings. The summed E-state index contributed by atoms with van der Waals surface area (Å²) in [5.74, 6) is 0.604. The number of piperidine rings is 1. The fourth-order valence-electron chi connectivity index (χ4n) is 3.10. The molecule has 1 fully saturated rings. The van der Waals surface area contributed by atoms with Gasteiger partial charge in [-0.25, -0.2) is 9.97 Å². The zero-order chi connectivity index (χ0) is 18.4. The lowest BCUT2D eigenvalue weighted by Crippen LogP contribution is -2.40. The Labute approximate surface area is 167 Å². The third kappa shape index (κ3) is 4.97. The zero-order valence-corrected chi connectivity index (χ0v) is 17.2. The smallest absolute Gasteiger partial charge is 0.271 e. The lowest BCUT2D eigenvalue weighted by atomic mass is 10.1. The maximum absolute atomic E-state index is 12.7. The van der Waals surface area contributed by atoms with Gasteiger partial charge in [-0.1, -0.05) is 42.8 Å². The molecule has 5 nitrogen and oxygen atoms in total. The number of carbonyl (C=O) groups is 1. The summed E-state index contributed by atoms with van der Waals surface area (Å²) in [6.45, 7) is 4.72. The first-order chi connectivity index (χ1) is 12.7. The molecule has 0 unspecified atom stereocenters. The molecule has 3 heterocycles. The molecule has 3 rings (SSSR count). The number of thiophene rings is 1. The molecule has 0 spiro atoms. The van der Waals surface area contributed by atoms with Crippen molar-refractivity contribution in [3.63, 3.8) is 0 Å². The van der Waals surface area contributed by atoms with Gasteiger partial charge in [-0.2, -0.15) is 0 Å². The van der Waals surface area contributed by atoms with Crippen molar-refractivity contribution in [2.45, 2.75) is 37.4 Å². The number of rotatable bonds is 7. The lowest BCUT2D eigenvalue weighted by molar-refractivity contribution is 0.0920. The second-order valence-electron chi connectivity index (χ2n) is 6.12. The largest absolute Gasteiger partial charge is 0.349 e. The number of hydrogen-bond acceptors (Lipinski definition) is 6. The van der Waals surface area contributed by atoms with Crippen molar-refractivity contribution in [3.8, 4) is 0 Å². The molecule has 1 saturated heterocycles. The monoisotopic (exact) mass is 410 g/mol. The Morgan fingerprint density at radius 1 is 1.42 bits per heavy atom. The van der Waals surface area contributed by atoms with Crippen LogP contribution in [0, 0.1) is 0 Å². The van der Waals surface area contributed by atoms with Gasteiger partial charge >= 0.3 is 0 Å². The lowest BCUT2D eigenvalue weighted by Gasteiger charge is -2.34. The van der Waals surface area contributed by atoms with Crippen molar-refractivity contribution in [2.75, 3.05) is 25.4 Å². The molecular weight excluding hydrogens is 388 g/mol. The predicted molar refractivity (Wildman–Crippen MR) is 108 cm³/mol. The molecule has 8 heteroatoms. The number of hydrogen-bond donors (Lipinski definition) is 1. The van der Waals surface area contributed by atoms with Gasteiger partial charge in [0, 0.05) is 11.4 Å². The van der Waals surface area contributed by atoms with E-state index in [0.29, 0.717) is 11.7 Å². The average Bonchev–Trinajstić information content (AvgIpc) is 3.19. The van der Waals surface area contributed by atoms with Crippen LogP contribution in [-0.2, 0) is 0 Å². The van der Waals surface area contributed by atoms with Crippen LogP contribution in [0.3, 0.4) is 0 Å². The Kier molecular flexibility index (Phi) is 7.31. The Bertz CT molecular complexity index is 720. The second-order valence-corrected chi connectivity index (χ2v) is 8.74. The topological polar surface area (TPSA) is 58.1 Å². The van der Waals surface area contributed by atoms with Crippen LogP contribution in [0.1, 0.15) is 47.6 Å². The van der Waals surface area contributed by atoms with Crippen molar-refractivity contribution < 1.29 is 4.79 Å². The number of carbonyl (C=O) groups excluding carboxylic acids is 1. The van der Waals surface area contributed by atoms with Gasteiger partial charge in [-0.05, 0) is 43.1 Å². The number of halogens is 1. The second kappa shape index (κ2) is 9.69. The summed E-state index contributed by atoms with van der Waals surface area (Å²) in [6, 6.07) is 4.40. The first-order valence-electron chi connectivity index (χ1n) is 8.90. The summed E-state index contributed by atoms with van der Waals surface area (Å²) in [4.78, 5) is 24.9. The highest BCUT2D eigenvalue weighted by atomic mass is 35.5. The van der Waals surface area contributed by atoms with Gasteiger partial charge in [0.15, 0.2) is 10.9 Å². The van der Waals surface area contributed by atoms with Crippen LogP contribution in [-0.4, -0.2) is 46.2 Å². The normalized spacial score (nSPS) is 16.4.